The van der Waals surface area contributed by atoms with Crippen molar-refractivity contribution in [3.05, 3.63) is 0 Å². The van der Waals surface area contributed by atoms with E-state index in [0.717, 1.165) is 12.8 Å². The molecule has 1 fully saturated rings. The normalized spacial score (nSPS) is 25.4. The number of carboxylic acids is 1. The zero-order valence-electron chi connectivity index (χ0n) is 10.2. The van der Waals surface area contributed by atoms with Crippen molar-refractivity contribution in [2.45, 2.75) is 52.6 Å². The molecule has 0 radical (unpaired) electrons. The fourth-order valence-corrected chi connectivity index (χ4v) is 1.90. The predicted molar refractivity (Wildman–Crippen MR) is 58.9 cm³/mol. The molecule has 16 heavy (non-hydrogen) atoms. The van der Waals surface area contributed by atoms with E-state index < -0.39 is 11.4 Å². The van der Waals surface area contributed by atoms with E-state index in [9.17, 15) is 9.59 Å². The monoisotopic (exact) mass is 228 g/mol. The number of carbonyl (C=O) groups excluding carboxylic acids is 1. The van der Waals surface area contributed by atoms with E-state index in [-0.39, 0.29) is 24.4 Å². The molecular weight excluding hydrogens is 208 g/mol. The standard InChI is InChI=1S/C12H20O4/c1-12(2,3)11(15)16-9-5-4-8(6-9)7-10(13)14/h8-9H,4-7H2,1-3H3,(H,13,14). The molecule has 0 bridgehead atoms. The average Bonchev–Trinajstić information content (AvgIpc) is 2.49. The Morgan fingerprint density at radius 1 is 1.31 bits per heavy atom. The lowest BCUT2D eigenvalue weighted by Crippen LogP contribution is -2.27. The maximum absolute atomic E-state index is 11.6. The molecule has 1 N–H and O–H groups in total. The first-order chi connectivity index (χ1) is 7.29. The van der Waals surface area contributed by atoms with Gasteiger partial charge in [0.05, 0.1) is 5.41 Å². The Hall–Kier alpha value is -1.06. The largest absolute Gasteiger partial charge is 0.481 e. The SMILES string of the molecule is CC(C)(C)C(=O)OC1CCC(CC(=O)O)C1. The Morgan fingerprint density at radius 2 is 1.94 bits per heavy atom. The first-order valence-corrected chi connectivity index (χ1v) is 5.72. The van der Waals surface area contributed by atoms with Crippen LogP contribution in [0.1, 0.15) is 46.5 Å². The molecule has 2 unspecified atom stereocenters. The highest BCUT2D eigenvalue weighted by Gasteiger charge is 2.32. The lowest BCUT2D eigenvalue weighted by atomic mass is 9.97. The van der Waals surface area contributed by atoms with Crippen molar-refractivity contribution in [3.8, 4) is 0 Å². The third-order valence-corrected chi connectivity index (χ3v) is 2.84. The van der Waals surface area contributed by atoms with Crippen molar-refractivity contribution in [3.63, 3.8) is 0 Å². The summed E-state index contributed by atoms with van der Waals surface area (Å²) in [5.41, 5.74) is -0.481. The zero-order chi connectivity index (χ0) is 12.3. The lowest BCUT2D eigenvalue weighted by Gasteiger charge is -2.20. The summed E-state index contributed by atoms with van der Waals surface area (Å²) in [5.74, 6) is -0.809. The smallest absolute Gasteiger partial charge is 0.311 e. The van der Waals surface area contributed by atoms with Gasteiger partial charge in [0, 0.05) is 6.42 Å². The molecule has 1 rings (SSSR count). The van der Waals surface area contributed by atoms with E-state index in [0.29, 0.717) is 6.42 Å². The third kappa shape index (κ3) is 3.83. The molecule has 2 atom stereocenters. The second-order valence-corrected chi connectivity index (χ2v) is 5.55. The van der Waals surface area contributed by atoms with Gasteiger partial charge in [0.1, 0.15) is 6.10 Å². The van der Waals surface area contributed by atoms with Crippen LogP contribution in [0.25, 0.3) is 0 Å². The van der Waals surface area contributed by atoms with Gasteiger partial charge in [-0.05, 0) is 46.0 Å². The van der Waals surface area contributed by atoms with Crippen LogP contribution in [0.3, 0.4) is 0 Å². The van der Waals surface area contributed by atoms with Crippen LogP contribution in [-0.4, -0.2) is 23.1 Å². The highest BCUT2D eigenvalue weighted by atomic mass is 16.5. The summed E-state index contributed by atoms with van der Waals surface area (Å²) in [6.45, 7) is 5.46. The van der Waals surface area contributed by atoms with Crippen LogP contribution in [0.5, 0.6) is 0 Å². The first-order valence-electron chi connectivity index (χ1n) is 5.72. The molecule has 0 aliphatic heterocycles. The van der Waals surface area contributed by atoms with Crippen molar-refractivity contribution < 1.29 is 19.4 Å². The van der Waals surface area contributed by atoms with Gasteiger partial charge in [0.2, 0.25) is 0 Å². The third-order valence-electron chi connectivity index (χ3n) is 2.84. The minimum absolute atomic E-state index is 0.0870. The fourth-order valence-electron chi connectivity index (χ4n) is 1.90. The molecule has 0 saturated heterocycles. The number of aliphatic carboxylic acids is 1. The van der Waals surface area contributed by atoms with E-state index in [1.807, 2.05) is 20.8 Å². The molecular formula is C12H20O4. The molecule has 1 aliphatic carbocycles. The Balaban J connectivity index is 2.37. The molecule has 1 aliphatic rings. The van der Waals surface area contributed by atoms with Crippen LogP contribution in [0.15, 0.2) is 0 Å². The van der Waals surface area contributed by atoms with Crippen LogP contribution in [0.4, 0.5) is 0 Å². The lowest BCUT2D eigenvalue weighted by molar-refractivity contribution is -0.158. The predicted octanol–water partition coefficient (Wildman–Crippen LogP) is 2.22. The van der Waals surface area contributed by atoms with E-state index in [1.54, 1.807) is 0 Å². The van der Waals surface area contributed by atoms with Gasteiger partial charge in [0.25, 0.3) is 0 Å². The fraction of sp³-hybridized carbons (Fsp3) is 0.833. The Bertz CT molecular complexity index is 277. The molecule has 4 heteroatoms. The summed E-state index contributed by atoms with van der Waals surface area (Å²) in [6, 6.07) is 0. The maximum Gasteiger partial charge on any atom is 0.311 e. The summed E-state index contributed by atoms with van der Waals surface area (Å²) < 4.78 is 5.36. The Labute approximate surface area is 96.0 Å². The second-order valence-electron chi connectivity index (χ2n) is 5.55. The van der Waals surface area contributed by atoms with Crippen LogP contribution >= 0.6 is 0 Å². The molecule has 0 heterocycles. The van der Waals surface area contributed by atoms with Gasteiger partial charge in [-0.3, -0.25) is 9.59 Å². The molecule has 0 spiro atoms. The van der Waals surface area contributed by atoms with Crippen molar-refractivity contribution in [1.29, 1.82) is 0 Å². The van der Waals surface area contributed by atoms with E-state index in [2.05, 4.69) is 0 Å². The molecule has 0 aromatic carbocycles. The zero-order valence-corrected chi connectivity index (χ0v) is 10.2. The number of hydrogen-bond donors (Lipinski definition) is 1. The molecule has 0 amide bonds. The van der Waals surface area contributed by atoms with Crippen molar-refractivity contribution in [1.82, 2.24) is 0 Å². The van der Waals surface area contributed by atoms with Crippen molar-refractivity contribution >= 4 is 11.9 Å². The number of esters is 1. The summed E-state index contributed by atoms with van der Waals surface area (Å²) in [6.07, 6.45) is 2.42. The number of rotatable bonds is 3. The highest BCUT2D eigenvalue weighted by molar-refractivity contribution is 5.75. The number of carbonyl (C=O) groups is 2. The summed E-state index contributed by atoms with van der Waals surface area (Å²) in [4.78, 5) is 22.1. The maximum atomic E-state index is 11.6. The van der Waals surface area contributed by atoms with E-state index in [1.165, 1.54) is 0 Å². The van der Waals surface area contributed by atoms with Crippen molar-refractivity contribution in [2.24, 2.45) is 11.3 Å². The summed E-state index contributed by atoms with van der Waals surface area (Å²) in [7, 11) is 0. The van der Waals surface area contributed by atoms with Gasteiger partial charge in [-0.15, -0.1) is 0 Å². The molecule has 0 aromatic rings. The minimum atomic E-state index is -0.771. The minimum Gasteiger partial charge on any atom is -0.481 e. The van der Waals surface area contributed by atoms with Gasteiger partial charge < -0.3 is 9.84 Å². The molecule has 4 nitrogen and oxygen atoms in total. The Morgan fingerprint density at radius 3 is 2.44 bits per heavy atom. The van der Waals surface area contributed by atoms with Crippen LogP contribution in [0, 0.1) is 11.3 Å². The molecule has 0 aromatic heterocycles. The van der Waals surface area contributed by atoms with Gasteiger partial charge in [0.15, 0.2) is 0 Å². The number of ether oxygens (including phenoxy) is 1. The van der Waals surface area contributed by atoms with E-state index in [4.69, 9.17) is 9.84 Å². The number of carboxylic acid groups (broad SMARTS) is 1. The summed E-state index contributed by atoms with van der Waals surface area (Å²) in [5, 5.41) is 8.66. The number of hydrogen-bond acceptors (Lipinski definition) is 3. The van der Waals surface area contributed by atoms with Gasteiger partial charge in [-0.25, -0.2) is 0 Å². The van der Waals surface area contributed by atoms with Gasteiger partial charge in [-0.1, -0.05) is 0 Å². The Kier molecular flexibility index (Phi) is 3.94. The first kappa shape index (κ1) is 13.0. The molecule has 92 valence electrons. The quantitative estimate of drug-likeness (QED) is 0.752. The van der Waals surface area contributed by atoms with Gasteiger partial charge >= 0.3 is 11.9 Å². The topological polar surface area (TPSA) is 63.6 Å². The highest BCUT2D eigenvalue weighted by Crippen LogP contribution is 2.31. The van der Waals surface area contributed by atoms with Crippen molar-refractivity contribution in [2.75, 3.05) is 0 Å². The summed E-state index contributed by atoms with van der Waals surface area (Å²) >= 11 is 0. The molecule has 1 saturated carbocycles. The van der Waals surface area contributed by atoms with Crippen LogP contribution in [-0.2, 0) is 14.3 Å². The second kappa shape index (κ2) is 4.85. The van der Waals surface area contributed by atoms with E-state index >= 15 is 0 Å². The van der Waals surface area contributed by atoms with Crippen LogP contribution < -0.4 is 0 Å². The van der Waals surface area contributed by atoms with Gasteiger partial charge in [-0.2, -0.15) is 0 Å². The van der Waals surface area contributed by atoms with Crippen LogP contribution in [0.2, 0.25) is 0 Å². The average molecular weight is 228 g/mol.